The van der Waals surface area contributed by atoms with E-state index in [-0.39, 0.29) is 149 Å². The molecule has 32 valence electrons. The predicted octanol–water partition coefficient (Wildman–Crippen LogP) is -2.95. The molecule has 0 fully saturated rings. The third-order valence-electron chi connectivity index (χ3n) is 0. The van der Waals surface area contributed by atoms with Gasteiger partial charge in [0.15, 0.2) is 0 Å². The zero-order valence-corrected chi connectivity index (χ0v) is 4.69. The summed E-state index contributed by atoms with van der Waals surface area (Å²) < 4.78 is 0. The van der Waals surface area contributed by atoms with Crippen molar-refractivity contribution in [2.75, 3.05) is 0 Å². The second-order valence-corrected chi connectivity index (χ2v) is 0. The predicted molar refractivity (Wildman–Crippen MR) is 30.7 cm³/mol. The molecule has 0 N–H and O–H groups in total. The van der Waals surface area contributed by atoms with Gasteiger partial charge >= 0.3 is 132 Å². The van der Waals surface area contributed by atoms with Crippen LogP contribution >= 0.6 is 0 Å². The summed E-state index contributed by atoms with van der Waals surface area (Å²) in [5.41, 5.74) is 0. The van der Waals surface area contributed by atoms with Crippen molar-refractivity contribution >= 4 is 132 Å². The average molecular weight is 381 g/mol. The van der Waals surface area contributed by atoms with Gasteiger partial charge in [-0.2, -0.15) is 0 Å². The Labute approximate surface area is 145 Å². The molecular formula is H4Al2Ba2O3. The van der Waals surface area contributed by atoms with Gasteiger partial charge in [0.2, 0.25) is 0 Å². The Morgan fingerprint density at radius 1 is 0.429 bits per heavy atom. The molecule has 0 bridgehead atoms. The Kier molecular flexibility index (Phi) is 481. The van der Waals surface area contributed by atoms with Crippen LogP contribution in [0.4, 0.5) is 0 Å². The Bertz CT molecular complexity index is 10.9. The molecule has 0 aromatic heterocycles. The quantitative estimate of drug-likeness (QED) is 0.403. The molecule has 0 rings (SSSR count). The third-order valence-corrected chi connectivity index (χ3v) is 0. The largest absolute Gasteiger partial charge is 2.00 e. The Hall–Kier alpha value is 4.09. The molecule has 7 heavy (non-hydrogen) atoms. The van der Waals surface area contributed by atoms with Gasteiger partial charge in [-0.1, -0.05) is 0 Å². The zero-order chi connectivity index (χ0) is 0. The summed E-state index contributed by atoms with van der Waals surface area (Å²) in [5.74, 6) is 0. The number of hydrogen-bond donors (Lipinski definition) is 0. The fourth-order valence-corrected chi connectivity index (χ4v) is 0. The van der Waals surface area contributed by atoms with Gasteiger partial charge in [0.1, 0.15) is 0 Å². The van der Waals surface area contributed by atoms with Crippen LogP contribution in [0.5, 0.6) is 0 Å². The van der Waals surface area contributed by atoms with Crippen molar-refractivity contribution in [2.45, 2.75) is 0 Å². The minimum absolute atomic E-state index is 0. The van der Waals surface area contributed by atoms with Crippen molar-refractivity contribution < 1.29 is 16.4 Å². The third kappa shape index (κ3) is 39.5. The van der Waals surface area contributed by atoms with E-state index in [2.05, 4.69) is 0 Å². The van der Waals surface area contributed by atoms with Crippen LogP contribution in [0.1, 0.15) is 0 Å². The van der Waals surface area contributed by atoms with Crippen molar-refractivity contribution in [2.24, 2.45) is 0 Å². The van der Waals surface area contributed by atoms with E-state index in [1.54, 1.807) is 0 Å². The van der Waals surface area contributed by atoms with E-state index < -0.39 is 0 Å². The topological polar surface area (TPSA) is 85.5 Å². The van der Waals surface area contributed by atoms with Crippen LogP contribution in [0.3, 0.4) is 0 Å². The molecule has 0 radical (unpaired) electrons. The maximum Gasteiger partial charge on any atom is -2.00 e. The van der Waals surface area contributed by atoms with Crippen molar-refractivity contribution in [3.63, 3.8) is 0 Å². The maximum absolute atomic E-state index is 0. The molecule has 7 heteroatoms. The van der Waals surface area contributed by atoms with E-state index in [1.165, 1.54) is 0 Å². The second-order valence-electron chi connectivity index (χ2n) is 0. The van der Waals surface area contributed by atoms with Crippen molar-refractivity contribution in [1.29, 1.82) is 0 Å². The molecule has 0 aliphatic heterocycles. The van der Waals surface area contributed by atoms with Crippen LogP contribution in [0, 0.1) is 0 Å². The standard InChI is InChI=1S/2Al.2Ba.3O.4H/q2*+3;;;3*-2;;;;. The molecule has 0 aromatic carbocycles. The first kappa shape index (κ1) is 67.5. The summed E-state index contributed by atoms with van der Waals surface area (Å²) in [6.07, 6.45) is 0. The summed E-state index contributed by atoms with van der Waals surface area (Å²) in [6, 6.07) is 0. The fraction of sp³-hybridized carbons (Fsp3) is 0. The van der Waals surface area contributed by atoms with Gasteiger partial charge in [-0.25, -0.2) is 0 Å². The molecule has 0 aliphatic carbocycles. The van der Waals surface area contributed by atoms with E-state index in [0.717, 1.165) is 0 Å². The molecule has 0 saturated heterocycles. The molecule has 0 heterocycles. The van der Waals surface area contributed by atoms with E-state index in [9.17, 15) is 0 Å². The molecule has 0 aliphatic rings. The van der Waals surface area contributed by atoms with Crippen molar-refractivity contribution in [3.05, 3.63) is 0 Å². The maximum atomic E-state index is 0. The second kappa shape index (κ2) is 49.9. The molecule has 0 spiro atoms. The molecule has 0 saturated carbocycles. The van der Waals surface area contributed by atoms with Crippen LogP contribution in [0.2, 0.25) is 0 Å². The molecule has 0 amide bonds. The fourth-order valence-electron chi connectivity index (χ4n) is 0. The summed E-state index contributed by atoms with van der Waals surface area (Å²) in [5, 5.41) is 0. The van der Waals surface area contributed by atoms with Gasteiger partial charge in [-0.15, -0.1) is 0 Å². The monoisotopic (exact) mass is 382 g/mol. The van der Waals surface area contributed by atoms with E-state index in [1.807, 2.05) is 0 Å². The van der Waals surface area contributed by atoms with Crippen molar-refractivity contribution in [1.82, 2.24) is 0 Å². The Balaban J connectivity index is 0. The first-order chi connectivity index (χ1) is 0. The molecule has 0 unspecified atom stereocenters. The molecular weight excluding hydrogens is 377 g/mol. The van der Waals surface area contributed by atoms with Gasteiger partial charge in [0.05, 0.1) is 0 Å². The first-order valence-corrected chi connectivity index (χ1v) is 0. The van der Waals surface area contributed by atoms with E-state index in [4.69, 9.17) is 0 Å². The molecule has 3 nitrogen and oxygen atoms in total. The van der Waals surface area contributed by atoms with Gasteiger partial charge in [0.25, 0.3) is 0 Å². The summed E-state index contributed by atoms with van der Waals surface area (Å²) in [4.78, 5) is 0. The summed E-state index contributed by atoms with van der Waals surface area (Å²) in [6.45, 7) is 0. The minimum Gasteiger partial charge on any atom is -2.00 e. The van der Waals surface area contributed by atoms with Crippen LogP contribution in [0.25, 0.3) is 0 Å². The van der Waals surface area contributed by atoms with Gasteiger partial charge in [-0.3, -0.25) is 0 Å². The first-order valence-electron chi connectivity index (χ1n) is 0. The van der Waals surface area contributed by atoms with Gasteiger partial charge in [0, 0.05) is 0 Å². The normalized spacial score (nSPS) is 0. The van der Waals surface area contributed by atoms with Crippen LogP contribution in [0.15, 0.2) is 0 Å². The average Bonchev–Trinajstić information content (AvgIpc) is 0. The Morgan fingerprint density at radius 2 is 0.429 bits per heavy atom. The van der Waals surface area contributed by atoms with Crippen LogP contribution in [-0.4, -0.2) is 132 Å². The van der Waals surface area contributed by atoms with Gasteiger partial charge < -0.3 is 16.4 Å². The zero-order valence-electron chi connectivity index (χ0n) is 2.38. The minimum atomic E-state index is 0. The van der Waals surface area contributed by atoms with Gasteiger partial charge in [-0.05, 0) is 0 Å². The number of rotatable bonds is 0. The number of hydrogen-bond acceptors (Lipinski definition) is 0. The van der Waals surface area contributed by atoms with Crippen LogP contribution in [-0.2, 0) is 16.4 Å². The Morgan fingerprint density at radius 3 is 0.429 bits per heavy atom. The van der Waals surface area contributed by atoms with E-state index >= 15 is 0 Å². The molecule has 0 atom stereocenters. The molecule has 0 aromatic rings. The smallest absolute Gasteiger partial charge is 2.00 e. The van der Waals surface area contributed by atoms with E-state index in [0.29, 0.717) is 0 Å². The summed E-state index contributed by atoms with van der Waals surface area (Å²) >= 11 is 0. The SMILES string of the molecule is [Al+3].[Al+3].[BaH2].[BaH2].[O-2].[O-2].[O-2]. The van der Waals surface area contributed by atoms with Crippen molar-refractivity contribution in [3.8, 4) is 0 Å². The summed E-state index contributed by atoms with van der Waals surface area (Å²) in [7, 11) is 0. The van der Waals surface area contributed by atoms with Crippen LogP contribution < -0.4 is 0 Å².